The zero-order valence-electron chi connectivity index (χ0n) is 14.3. The summed E-state index contributed by atoms with van der Waals surface area (Å²) in [6, 6.07) is 0.960. The number of hydrogen-bond donors (Lipinski definition) is 1. The summed E-state index contributed by atoms with van der Waals surface area (Å²) in [5, 5.41) is 3.38. The first-order chi connectivity index (χ1) is 9.09. The van der Waals surface area contributed by atoms with Crippen molar-refractivity contribution in [1.82, 2.24) is 10.2 Å². The first-order valence-corrected chi connectivity index (χ1v) is 8.54. The topological polar surface area (TPSA) is 15.3 Å². The molecule has 0 bridgehead atoms. The second-order valence-electron chi connectivity index (χ2n) is 6.39. The lowest BCUT2D eigenvalue weighted by atomic mass is 9.91. The van der Waals surface area contributed by atoms with Gasteiger partial charge in [-0.1, -0.05) is 48.0 Å². The van der Waals surface area contributed by atoms with E-state index in [4.69, 9.17) is 0 Å². The molecule has 1 N–H and O–H groups in total. The average molecular weight is 271 g/mol. The van der Waals surface area contributed by atoms with Gasteiger partial charge in [-0.05, 0) is 31.1 Å². The van der Waals surface area contributed by atoms with Crippen LogP contribution in [0, 0.1) is 11.8 Å². The van der Waals surface area contributed by atoms with E-state index in [0.29, 0.717) is 0 Å². The molecule has 0 atom stereocenters. The van der Waals surface area contributed by atoms with E-state index < -0.39 is 0 Å². The Balaban J connectivity index is 0.000000321. The van der Waals surface area contributed by atoms with Crippen molar-refractivity contribution in [1.29, 1.82) is 0 Å². The Hall–Kier alpha value is -0.0800. The van der Waals surface area contributed by atoms with Gasteiger partial charge in [0.1, 0.15) is 0 Å². The fraction of sp³-hybridized carbons (Fsp3) is 1.00. The van der Waals surface area contributed by atoms with Crippen molar-refractivity contribution >= 4 is 0 Å². The lowest BCUT2D eigenvalue weighted by molar-refractivity contribution is 0.112. The third-order valence-electron chi connectivity index (χ3n) is 3.69. The van der Waals surface area contributed by atoms with Crippen LogP contribution >= 0.6 is 0 Å². The van der Waals surface area contributed by atoms with Crippen LogP contribution in [0.4, 0.5) is 0 Å². The van der Waals surface area contributed by atoms with Crippen LogP contribution < -0.4 is 5.32 Å². The summed E-state index contributed by atoms with van der Waals surface area (Å²) < 4.78 is 0. The van der Waals surface area contributed by atoms with Gasteiger partial charge in [-0.25, -0.2) is 0 Å². The molecule has 2 aliphatic rings. The maximum Gasteiger partial charge on any atom is 0.0110 e. The van der Waals surface area contributed by atoms with Crippen LogP contribution in [-0.4, -0.2) is 37.1 Å². The second-order valence-corrected chi connectivity index (χ2v) is 6.39. The highest BCUT2D eigenvalue weighted by Gasteiger charge is 2.25. The van der Waals surface area contributed by atoms with Crippen LogP contribution in [0.15, 0.2) is 0 Å². The minimum Gasteiger partial charge on any atom is -0.314 e. The average Bonchev–Trinajstić information content (AvgIpc) is 2.30. The van der Waals surface area contributed by atoms with E-state index in [1.807, 2.05) is 13.8 Å². The molecule has 2 nitrogen and oxygen atoms in total. The minimum atomic E-state index is 0.875. The summed E-state index contributed by atoms with van der Waals surface area (Å²) >= 11 is 0. The largest absolute Gasteiger partial charge is 0.314 e. The summed E-state index contributed by atoms with van der Waals surface area (Å²) in [6.07, 6.45) is 5.74. The molecule has 2 fully saturated rings. The van der Waals surface area contributed by atoms with Crippen molar-refractivity contribution in [2.24, 2.45) is 11.8 Å². The quantitative estimate of drug-likeness (QED) is 0.828. The van der Waals surface area contributed by atoms with Crippen molar-refractivity contribution in [3.63, 3.8) is 0 Å². The van der Waals surface area contributed by atoms with Crippen molar-refractivity contribution in [2.75, 3.05) is 26.2 Å². The van der Waals surface area contributed by atoms with Gasteiger partial charge in [0, 0.05) is 32.2 Å². The first-order valence-electron chi connectivity index (χ1n) is 8.54. The van der Waals surface area contributed by atoms with Crippen LogP contribution in [0.2, 0.25) is 0 Å². The molecule has 1 aliphatic heterocycles. The standard InChI is InChI=1S/C8H16N2.C7H16.C2H6/c1-2-8(3-1)10-6-4-9-5-7-10;1-6(2)5-7(3)4;1-2/h8-9H,1-7H2;6-7H,5H2,1-4H3;1-2H3. The number of nitrogens with zero attached hydrogens (tertiary/aromatic N) is 1. The van der Waals surface area contributed by atoms with E-state index in [1.165, 1.54) is 51.9 Å². The molecular formula is C17H38N2. The fourth-order valence-electron chi connectivity index (χ4n) is 2.74. The van der Waals surface area contributed by atoms with Crippen LogP contribution in [0.3, 0.4) is 0 Å². The van der Waals surface area contributed by atoms with Crippen molar-refractivity contribution in [2.45, 2.75) is 73.3 Å². The van der Waals surface area contributed by atoms with Gasteiger partial charge < -0.3 is 5.32 Å². The Kier molecular flexibility index (Phi) is 11.7. The third kappa shape index (κ3) is 9.45. The molecule has 0 radical (unpaired) electrons. The molecule has 0 spiro atoms. The Bertz CT molecular complexity index is 174. The van der Waals surface area contributed by atoms with Gasteiger partial charge in [-0.2, -0.15) is 0 Å². The number of hydrogen-bond acceptors (Lipinski definition) is 2. The maximum atomic E-state index is 3.38. The van der Waals surface area contributed by atoms with E-state index in [9.17, 15) is 0 Å². The predicted molar refractivity (Wildman–Crippen MR) is 87.7 cm³/mol. The lowest BCUT2D eigenvalue weighted by Crippen LogP contribution is -2.50. The zero-order chi connectivity index (χ0) is 14.7. The molecule has 0 aromatic heterocycles. The van der Waals surface area contributed by atoms with Gasteiger partial charge in [0.25, 0.3) is 0 Å². The van der Waals surface area contributed by atoms with Gasteiger partial charge in [0.05, 0.1) is 0 Å². The Morgan fingerprint density at radius 1 is 0.947 bits per heavy atom. The monoisotopic (exact) mass is 270 g/mol. The number of piperazine rings is 1. The van der Waals surface area contributed by atoms with Gasteiger partial charge >= 0.3 is 0 Å². The summed E-state index contributed by atoms with van der Waals surface area (Å²) in [4.78, 5) is 2.64. The summed E-state index contributed by atoms with van der Waals surface area (Å²) in [6.45, 7) is 18.0. The molecule has 1 aliphatic carbocycles. The number of nitrogens with one attached hydrogen (secondary N) is 1. The normalized spacial score (nSPS) is 20.2. The third-order valence-corrected chi connectivity index (χ3v) is 3.69. The molecule has 2 heteroatoms. The molecule has 0 unspecified atom stereocenters. The number of rotatable bonds is 3. The Labute approximate surface area is 122 Å². The second kappa shape index (κ2) is 11.7. The lowest BCUT2D eigenvalue weighted by Gasteiger charge is -2.39. The Morgan fingerprint density at radius 2 is 1.42 bits per heavy atom. The molecule has 0 aromatic rings. The van der Waals surface area contributed by atoms with E-state index >= 15 is 0 Å². The first kappa shape index (κ1) is 18.9. The fourth-order valence-corrected chi connectivity index (χ4v) is 2.74. The van der Waals surface area contributed by atoms with E-state index in [1.54, 1.807) is 0 Å². The summed E-state index contributed by atoms with van der Waals surface area (Å²) in [5.74, 6) is 1.75. The highest BCUT2D eigenvalue weighted by atomic mass is 15.2. The maximum absolute atomic E-state index is 3.38. The van der Waals surface area contributed by atoms with Crippen LogP contribution in [0.5, 0.6) is 0 Å². The smallest absolute Gasteiger partial charge is 0.0110 e. The van der Waals surface area contributed by atoms with Crippen molar-refractivity contribution in [3.05, 3.63) is 0 Å². The molecule has 19 heavy (non-hydrogen) atoms. The van der Waals surface area contributed by atoms with E-state index in [2.05, 4.69) is 37.9 Å². The van der Waals surface area contributed by atoms with Gasteiger partial charge in [-0.3, -0.25) is 4.90 Å². The van der Waals surface area contributed by atoms with Crippen molar-refractivity contribution < 1.29 is 0 Å². The molecule has 2 rings (SSSR count). The Morgan fingerprint density at radius 3 is 1.68 bits per heavy atom. The molecule has 1 heterocycles. The molecule has 1 saturated heterocycles. The predicted octanol–water partition coefficient (Wildman–Crippen LogP) is 4.16. The van der Waals surface area contributed by atoms with Crippen molar-refractivity contribution in [3.8, 4) is 0 Å². The summed E-state index contributed by atoms with van der Waals surface area (Å²) in [7, 11) is 0. The van der Waals surface area contributed by atoms with Crippen LogP contribution in [0.25, 0.3) is 0 Å². The molecule has 1 saturated carbocycles. The van der Waals surface area contributed by atoms with Crippen LogP contribution in [-0.2, 0) is 0 Å². The highest BCUT2D eigenvalue weighted by molar-refractivity contribution is 4.82. The van der Waals surface area contributed by atoms with Gasteiger partial charge in [0.15, 0.2) is 0 Å². The zero-order valence-corrected chi connectivity index (χ0v) is 14.3. The molecule has 116 valence electrons. The van der Waals surface area contributed by atoms with E-state index in [-0.39, 0.29) is 0 Å². The van der Waals surface area contributed by atoms with E-state index in [0.717, 1.165) is 17.9 Å². The molecular weight excluding hydrogens is 232 g/mol. The molecule has 0 aromatic carbocycles. The SMILES string of the molecule is C1CC(N2CCNCC2)C1.CC.CC(C)CC(C)C. The van der Waals surface area contributed by atoms with Gasteiger partial charge in [-0.15, -0.1) is 0 Å². The van der Waals surface area contributed by atoms with Gasteiger partial charge in [0.2, 0.25) is 0 Å². The molecule has 0 amide bonds. The summed E-state index contributed by atoms with van der Waals surface area (Å²) in [5.41, 5.74) is 0. The van der Waals surface area contributed by atoms with Crippen LogP contribution in [0.1, 0.15) is 67.2 Å². The minimum absolute atomic E-state index is 0.875. The highest BCUT2D eigenvalue weighted by Crippen LogP contribution is 2.24.